The average Bonchev–Trinajstić information content (AvgIpc) is 3.25. The molecule has 0 N–H and O–H groups in total. The van der Waals surface area contributed by atoms with Crippen LogP contribution in [0.15, 0.2) is 52.9 Å². The lowest BCUT2D eigenvalue weighted by Crippen LogP contribution is -2.26. The molecule has 0 bridgehead atoms. The molecule has 0 spiro atoms. The molecule has 138 valence electrons. The summed E-state index contributed by atoms with van der Waals surface area (Å²) in [6.07, 6.45) is 0. The van der Waals surface area contributed by atoms with Gasteiger partial charge in [-0.2, -0.15) is 0 Å². The van der Waals surface area contributed by atoms with Gasteiger partial charge in [0.25, 0.3) is 4.84 Å². The Balaban J connectivity index is 1.54. The summed E-state index contributed by atoms with van der Waals surface area (Å²) in [6, 6.07) is 14.2. The highest BCUT2D eigenvalue weighted by atomic mass is 32.1. The summed E-state index contributed by atoms with van der Waals surface area (Å²) < 4.78 is 21.5. The lowest BCUT2D eigenvalue weighted by atomic mass is 10.2. The Kier molecular flexibility index (Phi) is 4.86. The molecule has 8 heteroatoms. The number of thiazole rings is 1. The van der Waals surface area contributed by atoms with Gasteiger partial charge in [0.15, 0.2) is 0 Å². The Bertz CT molecular complexity index is 1100. The van der Waals surface area contributed by atoms with Crippen molar-refractivity contribution < 1.29 is 8.81 Å². The summed E-state index contributed by atoms with van der Waals surface area (Å²) in [5.74, 6) is 0.0715. The Morgan fingerprint density at radius 3 is 2.70 bits per heavy atom. The molecule has 0 aliphatic heterocycles. The van der Waals surface area contributed by atoms with Crippen LogP contribution in [-0.2, 0) is 6.67 Å². The fraction of sp³-hybridized carbons (Fsp3) is 0.211. The summed E-state index contributed by atoms with van der Waals surface area (Å²) in [6.45, 7) is 2.56. The normalized spacial score (nSPS) is 12.7. The van der Waals surface area contributed by atoms with E-state index in [9.17, 15) is 4.39 Å². The highest BCUT2D eigenvalue weighted by Gasteiger charge is 2.18. The quantitative estimate of drug-likeness (QED) is 0.427. The van der Waals surface area contributed by atoms with Gasteiger partial charge in [-0.3, -0.25) is 4.90 Å². The Hall–Kier alpha value is -2.42. The van der Waals surface area contributed by atoms with E-state index >= 15 is 0 Å². The van der Waals surface area contributed by atoms with Crippen LogP contribution >= 0.6 is 23.6 Å². The number of benzene rings is 2. The molecule has 0 aliphatic carbocycles. The number of hydrogen-bond acceptors (Lipinski definition) is 6. The topological polar surface area (TPSA) is 47.1 Å². The minimum absolute atomic E-state index is 0.0928. The maximum absolute atomic E-state index is 13.1. The number of halogens is 1. The van der Waals surface area contributed by atoms with E-state index in [0.29, 0.717) is 18.1 Å². The fourth-order valence-corrected chi connectivity index (χ4v) is 3.96. The molecular weight excluding hydrogens is 383 g/mol. The summed E-state index contributed by atoms with van der Waals surface area (Å²) in [4.78, 5) is 7.10. The smallest absolute Gasteiger partial charge is 0.288 e. The second-order valence-electron chi connectivity index (χ2n) is 6.27. The molecule has 0 radical (unpaired) electrons. The van der Waals surface area contributed by atoms with E-state index in [-0.39, 0.29) is 16.7 Å². The predicted octanol–water partition coefficient (Wildman–Crippen LogP) is 5.27. The monoisotopic (exact) mass is 400 g/mol. The van der Waals surface area contributed by atoms with Gasteiger partial charge in [0.1, 0.15) is 10.8 Å². The van der Waals surface area contributed by atoms with Crippen molar-refractivity contribution in [2.75, 3.05) is 7.05 Å². The zero-order chi connectivity index (χ0) is 19.0. The third-order valence-corrected chi connectivity index (χ3v) is 5.88. The molecule has 2 aromatic heterocycles. The van der Waals surface area contributed by atoms with Crippen LogP contribution in [0, 0.1) is 10.7 Å². The molecule has 4 aromatic rings. The Labute approximate surface area is 164 Å². The third kappa shape index (κ3) is 3.69. The number of para-hydroxylation sites is 1. The van der Waals surface area contributed by atoms with Gasteiger partial charge < -0.3 is 4.42 Å². The van der Waals surface area contributed by atoms with Crippen molar-refractivity contribution in [1.82, 2.24) is 19.7 Å². The van der Waals surface area contributed by atoms with Gasteiger partial charge in [-0.05, 0) is 62.6 Å². The van der Waals surface area contributed by atoms with E-state index in [4.69, 9.17) is 21.6 Å². The van der Waals surface area contributed by atoms with E-state index in [1.54, 1.807) is 28.2 Å². The second kappa shape index (κ2) is 7.30. The van der Waals surface area contributed by atoms with Crippen LogP contribution in [0.2, 0.25) is 0 Å². The van der Waals surface area contributed by atoms with Crippen molar-refractivity contribution in [2.24, 2.45) is 0 Å². The average molecular weight is 401 g/mol. The van der Waals surface area contributed by atoms with E-state index in [0.717, 1.165) is 10.5 Å². The molecule has 0 aliphatic rings. The highest BCUT2D eigenvalue weighted by molar-refractivity contribution is 7.71. The van der Waals surface area contributed by atoms with Crippen LogP contribution in [0.3, 0.4) is 0 Å². The minimum Gasteiger partial charge on any atom is -0.409 e. The summed E-state index contributed by atoms with van der Waals surface area (Å²) in [7, 11) is 1.99. The van der Waals surface area contributed by atoms with Crippen molar-refractivity contribution in [2.45, 2.75) is 19.6 Å². The maximum atomic E-state index is 13.1. The number of rotatable bonds is 5. The first-order chi connectivity index (χ1) is 13.0. The Morgan fingerprint density at radius 2 is 1.96 bits per heavy atom. The molecule has 5 nitrogen and oxygen atoms in total. The molecule has 0 unspecified atom stereocenters. The second-order valence-corrected chi connectivity index (χ2v) is 7.69. The SMILES string of the molecule is C[C@H](c1nc2ccccc2s1)N(C)Cn1nc(-c2ccc(F)cc2)oc1=S. The standard InChI is InChI=1S/C19H17FN4OS2/c1-12(18-21-15-5-3-4-6-16(15)27-18)23(2)11-24-19(26)25-17(22-24)13-7-9-14(20)10-8-13/h3-10,12H,11H2,1-2H3/t12-/m1/s1. The number of aromatic nitrogens is 3. The van der Waals surface area contributed by atoms with E-state index < -0.39 is 0 Å². The lowest BCUT2D eigenvalue weighted by molar-refractivity contribution is 0.192. The Morgan fingerprint density at radius 1 is 1.22 bits per heavy atom. The van der Waals surface area contributed by atoms with Gasteiger partial charge in [-0.15, -0.1) is 16.4 Å². The molecule has 27 heavy (non-hydrogen) atoms. The van der Waals surface area contributed by atoms with Gasteiger partial charge in [-0.1, -0.05) is 12.1 Å². The van der Waals surface area contributed by atoms with Gasteiger partial charge >= 0.3 is 0 Å². The molecule has 0 saturated heterocycles. The zero-order valence-electron chi connectivity index (χ0n) is 14.8. The van der Waals surface area contributed by atoms with Crippen LogP contribution in [0.4, 0.5) is 4.39 Å². The first-order valence-corrected chi connectivity index (χ1v) is 9.63. The van der Waals surface area contributed by atoms with Gasteiger partial charge in [0.2, 0.25) is 5.89 Å². The maximum Gasteiger partial charge on any atom is 0.288 e. The van der Waals surface area contributed by atoms with Crippen LogP contribution in [0.5, 0.6) is 0 Å². The molecule has 2 heterocycles. The molecule has 0 amide bonds. The number of hydrogen-bond donors (Lipinski definition) is 0. The largest absolute Gasteiger partial charge is 0.409 e. The minimum atomic E-state index is -0.304. The van der Waals surface area contributed by atoms with E-state index in [1.807, 2.05) is 25.2 Å². The van der Waals surface area contributed by atoms with Gasteiger partial charge in [0.05, 0.1) is 22.9 Å². The first-order valence-electron chi connectivity index (χ1n) is 8.41. The van der Waals surface area contributed by atoms with Crippen molar-refractivity contribution in [3.63, 3.8) is 0 Å². The zero-order valence-corrected chi connectivity index (χ0v) is 16.4. The lowest BCUT2D eigenvalue weighted by Gasteiger charge is -2.22. The van der Waals surface area contributed by atoms with Gasteiger partial charge in [-0.25, -0.2) is 14.1 Å². The van der Waals surface area contributed by atoms with Crippen molar-refractivity contribution in [3.8, 4) is 11.5 Å². The van der Waals surface area contributed by atoms with Crippen molar-refractivity contribution >= 4 is 33.8 Å². The van der Waals surface area contributed by atoms with Crippen molar-refractivity contribution in [3.05, 3.63) is 64.2 Å². The summed E-state index contributed by atoms with van der Waals surface area (Å²) in [5.41, 5.74) is 1.69. The number of nitrogens with zero attached hydrogens (tertiary/aromatic N) is 4. The number of fused-ring (bicyclic) bond motifs is 1. The molecule has 0 saturated carbocycles. The van der Waals surface area contributed by atoms with Crippen LogP contribution in [-0.4, -0.2) is 26.7 Å². The molecule has 4 rings (SSSR count). The summed E-state index contributed by atoms with van der Waals surface area (Å²) in [5, 5.41) is 5.47. The predicted molar refractivity (Wildman–Crippen MR) is 107 cm³/mol. The van der Waals surface area contributed by atoms with Gasteiger partial charge in [0, 0.05) is 5.56 Å². The van der Waals surface area contributed by atoms with Crippen molar-refractivity contribution in [1.29, 1.82) is 0 Å². The molecular formula is C19H17FN4OS2. The van der Waals surface area contributed by atoms with Crippen LogP contribution in [0.25, 0.3) is 21.7 Å². The molecule has 2 aromatic carbocycles. The van der Waals surface area contributed by atoms with Crippen LogP contribution in [0.1, 0.15) is 18.0 Å². The third-order valence-electron chi connectivity index (χ3n) is 4.38. The molecule has 1 atom stereocenters. The first kappa shape index (κ1) is 18.0. The summed E-state index contributed by atoms with van der Waals surface area (Å²) >= 11 is 6.98. The highest BCUT2D eigenvalue weighted by Crippen LogP contribution is 2.29. The van der Waals surface area contributed by atoms with E-state index in [2.05, 4.69) is 23.0 Å². The van der Waals surface area contributed by atoms with E-state index in [1.165, 1.54) is 16.8 Å². The van der Waals surface area contributed by atoms with Crippen LogP contribution < -0.4 is 0 Å². The molecule has 0 fully saturated rings. The fourth-order valence-electron chi connectivity index (χ4n) is 2.70.